The molecule has 2 aromatic heterocycles. The zero-order valence-corrected chi connectivity index (χ0v) is 33.2. The van der Waals surface area contributed by atoms with Gasteiger partial charge in [0.05, 0.1) is 11.1 Å². The van der Waals surface area contributed by atoms with Crippen molar-refractivity contribution in [3.05, 3.63) is 223 Å². The monoisotopic (exact) mass is 775 g/mol. The Bertz CT molecular complexity index is 3850. The summed E-state index contributed by atoms with van der Waals surface area (Å²) in [4.78, 5) is 5.15. The van der Waals surface area contributed by atoms with E-state index >= 15 is 0 Å². The number of hydrogen-bond donors (Lipinski definition) is 0. The average Bonchev–Trinajstić information content (AvgIpc) is 3.93. The minimum atomic E-state index is -0.509. The molecular formula is C58H33NS. The van der Waals surface area contributed by atoms with Gasteiger partial charge in [0.1, 0.15) is 0 Å². The number of benzene rings is 10. The number of thiophene rings is 1. The number of rotatable bonds is 2. The molecular weight excluding hydrogens is 743 g/mol. The van der Waals surface area contributed by atoms with Crippen LogP contribution in [0.15, 0.2) is 200 Å². The lowest BCUT2D eigenvalue weighted by Crippen LogP contribution is -2.26. The van der Waals surface area contributed by atoms with Crippen LogP contribution in [0.1, 0.15) is 22.3 Å². The van der Waals surface area contributed by atoms with E-state index in [2.05, 4.69) is 194 Å². The fourth-order valence-electron chi connectivity index (χ4n) is 11.2. The standard InChI is InChI=1S/C58H33NS/c1-2-15-36-34(13-1)14-11-22-37(36)46-31-48-39-17-4-3-16-38(39)45(30-47(48)41-19-6-5-18-40(41)46)35-26-27-44-53(29-35)58(52-24-12-28-59-57(44)52)51-23-9-7-20-42(51)49-33-56-50(32-54(49)58)43-21-8-10-25-55(43)60-56/h1-33H. The minimum Gasteiger partial charge on any atom is -0.256 e. The molecule has 0 fully saturated rings. The maximum atomic E-state index is 5.15. The Morgan fingerprint density at radius 1 is 0.317 bits per heavy atom. The number of nitrogens with zero attached hydrogens (tertiary/aromatic N) is 1. The fraction of sp³-hybridized carbons (Fsp3) is 0.0172. The fourth-order valence-corrected chi connectivity index (χ4v) is 12.4. The van der Waals surface area contributed by atoms with Gasteiger partial charge in [0.2, 0.25) is 0 Å². The highest BCUT2D eigenvalue weighted by atomic mass is 32.1. The lowest BCUT2D eigenvalue weighted by molar-refractivity contribution is 0.793. The molecule has 2 heteroatoms. The van der Waals surface area contributed by atoms with Crippen LogP contribution < -0.4 is 0 Å². The minimum absolute atomic E-state index is 0.509. The lowest BCUT2D eigenvalue weighted by atomic mass is 9.70. The molecule has 0 saturated heterocycles. The number of pyridine rings is 1. The van der Waals surface area contributed by atoms with Crippen LogP contribution in [0.2, 0.25) is 0 Å². The largest absolute Gasteiger partial charge is 0.256 e. The summed E-state index contributed by atoms with van der Waals surface area (Å²) in [5.74, 6) is 0. The van der Waals surface area contributed by atoms with Crippen molar-refractivity contribution in [1.29, 1.82) is 0 Å². The van der Waals surface area contributed by atoms with Gasteiger partial charge < -0.3 is 0 Å². The van der Waals surface area contributed by atoms with Gasteiger partial charge in [-0.1, -0.05) is 152 Å². The van der Waals surface area contributed by atoms with Crippen molar-refractivity contribution in [1.82, 2.24) is 4.98 Å². The molecule has 12 aromatic rings. The highest BCUT2D eigenvalue weighted by molar-refractivity contribution is 7.25. The molecule has 14 rings (SSSR count). The lowest BCUT2D eigenvalue weighted by Gasteiger charge is -2.30. The molecule has 0 N–H and O–H groups in total. The van der Waals surface area contributed by atoms with Crippen LogP contribution in [0, 0.1) is 0 Å². The van der Waals surface area contributed by atoms with Crippen molar-refractivity contribution < 1.29 is 0 Å². The Labute approximate surface area is 350 Å². The molecule has 0 amide bonds. The van der Waals surface area contributed by atoms with Crippen LogP contribution in [-0.2, 0) is 5.41 Å². The van der Waals surface area contributed by atoms with Gasteiger partial charge >= 0.3 is 0 Å². The Morgan fingerprint density at radius 2 is 0.950 bits per heavy atom. The molecule has 2 aliphatic carbocycles. The second-order valence-corrected chi connectivity index (χ2v) is 17.6. The third kappa shape index (κ3) is 4.13. The SMILES string of the molecule is c1ccc2c(c1)-c1cc3sc4ccccc4c3cc1C21c2cc(-c3cc4c5ccccc5c(-c5cccc6ccccc56)cc4c4ccccc34)ccc2-c2ncccc21. The van der Waals surface area contributed by atoms with E-state index in [0.29, 0.717) is 0 Å². The second kappa shape index (κ2) is 11.9. The van der Waals surface area contributed by atoms with Gasteiger partial charge in [-0.25, -0.2) is 0 Å². The third-order valence-electron chi connectivity index (χ3n) is 13.7. The molecule has 60 heavy (non-hydrogen) atoms. The first-order valence-electron chi connectivity index (χ1n) is 20.8. The molecule has 0 radical (unpaired) electrons. The van der Waals surface area contributed by atoms with Crippen molar-refractivity contribution in [3.63, 3.8) is 0 Å². The zero-order valence-electron chi connectivity index (χ0n) is 32.4. The molecule has 276 valence electrons. The molecule has 1 spiro atoms. The van der Waals surface area contributed by atoms with E-state index in [1.54, 1.807) is 0 Å². The quantitative estimate of drug-likeness (QED) is 0.159. The maximum absolute atomic E-state index is 5.15. The summed E-state index contributed by atoms with van der Waals surface area (Å²) >= 11 is 1.89. The van der Waals surface area contributed by atoms with E-state index < -0.39 is 5.41 Å². The van der Waals surface area contributed by atoms with E-state index in [4.69, 9.17) is 4.98 Å². The predicted octanol–water partition coefficient (Wildman–Crippen LogP) is 15.7. The molecule has 2 heterocycles. The Morgan fingerprint density at radius 3 is 1.80 bits per heavy atom. The van der Waals surface area contributed by atoms with Gasteiger partial charge in [-0.05, 0) is 141 Å². The maximum Gasteiger partial charge on any atom is 0.0753 e. The Balaban J connectivity index is 1.06. The van der Waals surface area contributed by atoms with E-state index in [1.807, 2.05) is 17.5 Å². The molecule has 2 aliphatic rings. The highest BCUT2D eigenvalue weighted by Crippen LogP contribution is 2.63. The van der Waals surface area contributed by atoms with Crippen LogP contribution in [0.4, 0.5) is 0 Å². The number of fused-ring (bicyclic) bond motifs is 19. The van der Waals surface area contributed by atoms with Crippen LogP contribution in [-0.4, -0.2) is 4.98 Å². The molecule has 1 unspecified atom stereocenters. The van der Waals surface area contributed by atoms with E-state index in [1.165, 1.54) is 124 Å². The summed E-state index contributed by atoms with van der Waals surface area (Å²) in [6, 6.07) is 73.0. The van der Waals surface area contributed by atoms with Gasteiger partial charge in [0.25, 0.3) is 0 Å². The first-order chi connectivity index (χ1) is 29.8. The van der Waals surface area contributed by atoms with Crippen LogP contribution in [0.25, 0.3) is 108 Å². The Kier molecular flexibility index (Phi) is 6.43. The molecule has 0 aliphatic heterocycles. The number of hydrogen-bond acceptors (Lipinski definition) is 2. The molecule has 10 aromatic carbocycles. The first kappa shape index (κ1) is 32.6. The molecule has 1 atom stereocenters. The first-order valence-corrected chi connectivity index (χ1v) is 21.6. The van der Waals surface area contributed by atoms with Gasteiger partial charge in [0, 0.05) is 31.9 Å². The van der Waals surface area contributed by atoms with Crippen LogP contribution >= 0.6 is 11.3 Å². The van der Waals surface area contributed by atoms with E-state index in [9.17, 15) is 0 Å². The normalized spacial score (nSPS) is 15.1. The van der Waals surface area contributed by atoms with Crippen LogP contribution in [0.3, 0.4) is 0 Å². The Hall–Kier alpha value is -7.39. The van der Waals surface area contributed by atoms with Crippen molar-refractivity contribution >= 4 is 74.6 Å². The van der Waals surface area contributed by atoms with Crippen molar-refractivity contribution in [3.8, 4) is 44.6 Å². The van der Waals surface area contributed by atoms with Crippen LogP contribution in [0.5, 0.6) is 0 Å². The molecule has 1 nitrogen and oxygen atoms in total. The van der Waals surface area contributed by atoms with Crippen molar-refractivity contribution in [2.24, 2.45) is 0 Å². The second-order valence-electron chi connectivity index (χ2n) is 16.5. The van der Waals surface area contributed by atoms with Gasteiger partial charge in [-0.2, -0.15) is 0 Å². The van der Waals surface area contributed by atoms with Crippen molar-refractivity contribution in [2.45, 2.75) is 5.41 Å². The van der Waals surface area contributed by atoms with Crippen molar-refractivity contribution in [2.75, 3.05) is 0 Å². The van der Waals surface area contributed by atoms with Gasteiger partial charge in [-0.15, -0.1) is 11.3 Å². The molecule has 0 saturated carbocycles. The van der Waals surface area contributed by atoms with Gasteiger partial charge in [-0.3, -0.25) is 4.98 Å². The van der Waals surface area contributed by atoms with E-state index in [-0.39, 0.29) is 0 Å². The highest BCUT2D eigenvalue weighted by Gasteiger charge is 2.52. The third-order valence-corrected chi connectivity index (χ3v) is 14.8. The summed E-state index contributed by atoms with van der Waals surface area (Å²) in [6.45, 7) is 0. The smallest absolute Gasteiger partial charge is 0.0753 e. The average molecular weight is 776 g/mol. The predicted molar refractivity (Wildman–Crippen MR) is 254 cm³/mol. The summed E-state index contributed by atoms with van der Waals surface area (Å²) in [5, 5.41) is 12.8. The molecule has 0 bridgehead atoms. The summed E-state index contributed by atoms with van der Waals surface area (Å²) in [6.07, 6.45) is 1.96. The number of aromatic nitrogens is 1. The summed E-state index contributed by atoms with van der Waals surface area (Å²) < 4.78 is 2.66. The topological polar surface area (TPSA) is 12.9 Å². The van der Waals surface area contributed by atoms with E-state index in [0.717, 1.165) is 5.69 Å². The zero-order chi connectivity index (χ0) is 39.1. The van der Waals surface area contributed by atoms with Gasteiger partial charge in [0.15, 0.2) is 0 Å². The summed E-state index contributed by atoms with van der Waals surface area (Å²) in [7, 11) is 0. The summed E-state index contributed by atoms with van der Waals surface area (Å²) in [5.41, 5.74) is 14.7.